The summed E-state index contributed by atoms with van der Waals surface area (Å²) in [6.45, 7) is 6.31. The molecule has 0 atom stereocenters. The van der Waals surface area contributed by atoms with Crippen LogP contribution < -0.4 is 5.32 Å². The summed E-state index contributed by atoms with van der Waals surface area (Å²) in [6.07, 6.45) is 0.827. The molecule has 0 spiro atoms. The van der Waals surface area contributed by atoms with Crippen molar-refractivity contribution in [2.45, 2.75) is 20.3 Å². The summed E-state index contributed by atoms with van der Waals surface area (Å²) in [7, 11) is 0. The summed E-state index contributed by atoms with van der Waals surface area (Å²) in [4.78, 5) is 11.9. The summed E-state index contributed by atoms with van der Waals surface area (Å²) in [5.41, 5.74) is 0.643. The van der Waals surface area contributed by atoms with Gasteiger partial charge in [-0.05, 0) is 30.5 Å². The molecule has 1 amide bonds. The van der Waals surface area contributed by atoms with Crippen LogP contribution in [0.4, 0.5) is 0 Å². The fraction of sp³-hybridized carbons (Fsp3) is 0.500. The molecule has 0 radical (unpaired) electrons. The number of ether oxygens (including phenoxy) is 1. The Hall–Kier alpha value is -0.390. The molecular formula is C14H19Br2NO2. The number of carbonyl (C=O) groups excluding carboxylic acids is 1. The molecule has 0 aliphatic carbocycles. The van der Waals surface area contributed by atoms with E-state index < -0.39 is 0 Å². The second-order valence-corrected chi connectivity index (χ2v) is 6.57. The molecule has 1 N–H and O–H groups in total. The fourth-order valence-corrected chi connectivity index (χ4v) is 2.78. The van der Waals surface area contributed by atoms with E-state index in [1.54, 1.807) is 12.1 Å². The van der Waals surface area contributed by atoms with Crippen LogP contribution >= 0.6 is 31.9 Å². The maximum atomic E-state index is 11.9. The molecule has 106 valence electrons. The second kappa shape index (κ2) is 8.72. The Morgan fingerprint density at radius 1 is 1.26 bits per heavy atom. The molecule has 0 heterocycles. The van der Waals surface area contributed by atoms with Gasteiger partial charge in [0, 0.05) is 34.3 Å². The molecule has 5 heteroatoms. The lowest BCUT2D eigenvalue weighted by Crippen LogP contribution is -2.25. The molecule has 19 heavy (non-hydrogen) atoms. The number of nitrogens with one attached hydrogen (secondary N) is 1. The van der Waals surface area contributed by atoms with Crippen LogP contribution in [0.3, 0.4) is 0 Å². The minimum atomic E-state index is -0.0640. The van der Waals surface area contributed by atoms with Gasteiger partial charge in [0.25, 0.3) is 5.91 Å². The molecule has 0 aromatic heterocycles. The van der Waals surface area contributed by atoms with E-state index in [4.69, 9.17) is 4.74 Å². The highest BCUT2D eigenvalue weighted by molar-refractivity contribution is 9.11. The van der Waals surface area contributed by atoms with Crippen LogP contribution in [0.2, 0.25) is 0 Å². The van der Waals surface area contributed by atoms with Crippen LogP contribution in [0, 0.1) is 5.92 Å². The van der Waals surface area contributed by atoms with Crippen molar-refractivity contribution in [2.75, 3.05) is 19.8 Å². The van der Waals surface area contributed by atoms with E-state index in [1.165, 1.54) is 0 Å². The number of halogens is 2. The maximum absolute atomic E-state index is 11.9. The number of carbonyl (C=O) groups is 1. The first-order chi connectivity index (χ1) is 8.99. The van der Waals surface area contributed by atoms with E-state index in [0.29, 0.717) is 24.6 Å². The van der Waals surface area contributed by atoms with Gasteiger partial charge in [0.15, 0.2) is 0 Å². The van der Waals surface area contributed by atoms with Crippen molar-refractivity contribution in [3.8, 4) is 0 Å². The third-order valence-corrected chi connectivity index (χ3v) is 3.24. The summed E-state index contributed by atoms with van der Waals surface area (Å²) in [6, 6.07) is 5.50. The Kier molecular flexibility index (Phi) is 7.64. The van der Waals surface area contributed by atoms with Crippen LogP contribution in [0.15, 0.2) is 27.1 Å². The molecule has 0 fully saturated rings. The topological polar surface area (TPSA) is 38.3 Å². The van der Waals surface area contributed by atoms with E-state index in [1.807, 2.05) is 6.07 Å². The van der Waals surface area contributed by atoms with Gasteiger partial charge in [-0.1, -0.05) is 45.7 Å². The minimum absolute atomic E-state index is 0.0640. The molecule has 0 bridgehead atoms. The molecule has 0 saturated heterocycles. The van der Waals surface area contributed by atoms with Gasteiger partial charge in [-0.15, -0.1) is 0 Å². The molecule has 3 nitrogen and oxygen atoms in total. The number of amides is 1. The summed E-state index contributed by atoms with van der Waals surface area (Å²) >= 11 is 6.73. The Morgan fingerprint density at radius 2 is 1.89 bits per heavy atom. The average molecular weight is 393 g/mol. The van der Waals surface area contributed by atoms with E-state index >= 15 is 0 Å². The first-order valence-electron chi connectivity index (χ1n) is 6.31. The maximum Gasteiger partial charge on any atom is 0.251 e. The quantitative estimate of drug-likeness (QED) is 0.712. The largest absolute Gasteiger partial charge is 0.381 e. The van der Waals surface area contributed by atoms with Crippen molar-refractivity contribution >= 4 is 37.8 Å². The molecular weight excluding hydrogens is 374 g/mol. The van der Waals surface area contributed by atoms with Crippen LogP contribution in [0.5, 0.6) is 0 Å². The second-order valence-electron chi connectivity index (χ2n) is 4.74. The zero-order valence-electron chi connectivity index (χ0n) is 11.2. The van der Waals surface area contributed by atoms with E-state index in [9.17, 15) is 4.79 Å². The van der Waals surface area contributed by atoms with Crippen LogP contribution in [-0.4, -0.2) is 25.7 Å². The van der Waals surface area contributed by atoms with Crippen LogP contribution in [0.25, 0.3) is 0 Å². The highest BCUT2D eigenvalue weighted by Crippen LogP contribution is 2.19. The number of hydrogen-bond acceptors (Lipinski definition) is 2. The van der Waals surface area contributed by atoms with Crippen molar-refractivity contribution in [3.05, 3.63) is 32.7 Å². The predicted molar refractivity (Wildman–Crippen MR) is 84.4 cm³/mol. The van der Waals surface area contributed by atoms with Gasteiger partial charge < -0.3 is 10.1 Å². The highest BCUT2D eigenvalue weighted by Gasteiger charge is 2.06. The Labute approximate surface area is 131 Å². The SMILES string of the molecule is CC(C)COCCCNC(=O)c1cc(Br)cc(Br)c1. The lowest BCUT2D eigenvalue weighted by Gasteiger charge is -2.08. The Balaban J connectivity index is 2.27. The van der Waals surface area contributed by atoms with Gasteiger partial charge in [0.2, 0.25) is 0 Å². The van der Waals surface area contributed by atoms with Gasteiger partial charge in [-0.2, -0.15) is 0 Å². The van der Waals surface area contributed by atoms with Crippen molar-refractivity contribution < 1.29 is 9.53 Å². The first-order valence-corrected chi connectivity index (χ1v) is 7.89. The third kappa shape index (κ3) is 7.09. The third-order valence-electron chi connectivity index (χ3n) is 2.33. The average Bonchev–Trinajstić information content (AvgIpc) is 2.31. The van der Waals surface area contributed by atoms with Crippen LogP contribution in [0.1, 0.15) is 30.6 Å². The van der Waals surface area contributed by atoms with Gasteiger partial charge in [-0.25, -0.2) is 0 Å². The van der Waals surface area contributed by atoms with Gasteiger partial charge in [0.05, 0.1) is 0 Å². The van der Waals surface area contributed by atoms with Gasteiger partial charge in [0.1, 0.15) is 0 Å². The summed E-state index contributed by atoms with van der Waals surface area (Å²) in [5.74, 6) is 0.486. The van der Waals surface area contributed by atoms with Crippen LogP contribution in [-0.2, 0) is 4.74 Å². The van der Waals surface area contributed by atoms with E-state index in [-0.39, 0.29) is 5.91 Å². The standard InChI is InChI=1S/C14H19Br2NO2/c1-10(2)9-19-5-3-4-17-14(18)11-6-12(15)8-13(16)7-11/h6-8,10H,3-5,9H2,1-2H3,(H,17,18). The van der Waals surface area contributed by atoms with Crippen molar-refractivity contribution in [3.63, 3.8) is 0 Å². The number of rotatable bonds is 7. The first kappa shape index (κ1) is 16.7. The van der Waals surface area contributed by atoms with Gasteiger partial charge in [-0.3, -0.25) is 4.79 Å². The van der Waals surface area contributed by atoms with Crippen molar-refractivity contribution in [2.24, 2.45) is 5.92 Å². The zero-order valence-corrected chi connectivity index (χ0v) is 14.4. The summed E-state index contributed by atoms with van der Waals surface area (Å²) < 4.78 is 7.22. The number of benzene rings is 1. The fourth-order valence-electron chi connectivity index (χ4n) is 1.48. The zero-order chi connectivity index (χ0) is 14.3. The van der Waals surface area contributed by atoms with E-state index in [0.717, 1.165) is 22.0 Å². The normalized spacial score (nSPS) is 10.8. The lowest BCUT2D eigenvalue weighted by atomic mass is 10.2. The van der Waals surface area contributed by atoms with Crippen molar-refractivity contribution in [1.29, 1.82) is 0 Å². The molecule has 1 rings (SSSR count). The summed E-state index contributed by atoms with van der Waals surface area (Å²) in [5, 5.41) is 2.88. The minimum Gasteiger partial charge on any atom is -0.381 e. The van der Waals surface area contributed by atoms with E-state index in [2.05, 4.69) is 51.0 Å². The molecule has 0 aliphatic rings. The Morgan fingerprint density at radius 3 is 2.47 bits per heavy atom. The molecule has 0 saturated carbocycles. The molecule has 1 aromatic rings. The monoisotopic (exact) mass is 391 g/mol. The van der Waals surface area contributed by atoms with Crippen molar-refractivity contribution in [1.82, 2.24) is 5.32 Å². The smallest absolute Gasteiger partial charge is 0.251 e. The molecule has 0 aliphatic heterocycles. The lowest BCUT2D eigenvalue weighted by molar-refractivity contribution is 0.0925. The highest BCUT2D eigenvalue weighted by atomic mass is 79.9. The molecule has 0 unspecified atom stereocenters. The Bertz CT molecular complexity index is 402. The predicted octanol–water partition coefficient (Wildman–Crippen LogP) is 4.00. The number of hydrogen-bond donors (Lipinski definition) is 1. The molecule has 1 aromatic carbocycles. The van der Waals surface area contributed by atoms with Gasteiger partial charge >= 0.3 is 0 Å².